The molecule has 0 saturated carbocycles. The Morgan fingerprint density at radius 1 is 1.30 bits per heavy atom. The first kappa shape index (κ1) is 22.0. The standard InChI is InChI=1S/C18H20ClF3N6O2/c1-26-7-5-12(6-8-26)27(2)17-15(28(29)30)16(23-10-24-17)25-14-9-11(18(20,21)22)3-4-13(14)19/h3-4,9-10,12H,5-8H2,1-2H3,(H,23,24,25). The number of rotatable bonds is 5. The van der Waals surface area contributed by atoms with Crippen LogP contribution in [-0.4, -0.2) is 53.0 Å². The Labute approximate surface area is 175 Å². The van der Waals surface area contributed by atoms with E-state index >= 15 is 0 Å². The largest absolute Gasteiger partial charge is 0.416 e. The summed E-state index contributed by atoms with van der Waals surface area (Å²) in [6.45, 7) is 1.69. The average Bonchev–Trinajstić information content (AvgIpc) is 2.68. The van der Waals surface area contributed by atoms with Crippen molar-refractivity contribution in [3.05, 3.63) is 45.2 Å². The fraction of sp³-hybridized carbons (Fsp3) is 0.444. The molecule has 1 aromatic carbocycles. The lowest BCUT2D eigenvalue weighted by Crippen LogP contribution is -2.42. The van der Waals surface area contributed by atoms with Crippen LogP contribution in [0.5, 0.6) is 0 Å². The highest BCUT2D eigenvalue weighted by Crippen LogP contribution is 2.38. The van der Waals surface area contributed by atoms with Crippen LogP contribution < -0.4 is 10.2 Å². The minimum atomic E-state index is -4.59. The SMILES string of the molecule is CN1CCC(N(C)c2ncnc(Nc3cc(C(F)(F)F)ccc3Cl)c2[N+](=O)[O-])CC1. The second kappa shape index (κ2) is 8.60. The number of hydrogen-bond acceptors (Lipinski definition) is 7. The van der Waals surface area contributed by atoms with E-state index in [9.17, 15) is 23.3 Å². The third-order valence-electron chi connectivity index (χ3n) is 5.10. The van der Waals surface area contributed by atoms with Gasteiger partial charge in [-0.05, 0) is 51.2 Å². The third-order valence-corrected chi connectivity index (χ3v) is 5.43. The van der Waals surface area contributed by atoms with Gasteiger partial charge in [-0.15, -0.1) is 0 Å². The fourth-order valence-corrected chi connectivity index (χ4v) is 3.53. The molecule has 1 aromatic heterocycles. The lowest BCUT2D eigenvalue weighted by Gasteiger charge is -2.35. The van der Waals surface area contributed by atoms with Gasteiger partial charge in [0.2, 0.25) is 11.6 Å². The van der Waals surface area contributed by atoms with Crippen LogP contribution in [-0.2, 0) is 6.18 Å². The van der Waals surface area contributed by atoms with E-state index in [-0.39, 0.29) is 28.4 Å². The van der Waals surface area contributed by atoms with Crippen molar-refractivity contribution in [2.75, 3.05) is 37.4 Å². The predicted molar refractivity (Wildman–Crippen MR) is 107 cm³/mol. The maximum atomic E-state index is 13.0. The van der Waals surface area contributed by atoms with Crippen molar-refractivity contribution in [1.29, 1.82) is 0 Å². The average molecular weight is 445 g/mol. The molecule has 2 aromatic rings. The van der Waals surface area contributed by atoms with Crippen LogP contribution in [0.4, 0.5) is 36.2 Å². The van der Waals surface area contributed by atoms with Crippen molar-refractivity contribution >= 4 is 34.6 Å². The second-order valence-electron chi connectivity index (χ2n) is 7.11. The van der Waals surface area contributed by atoms with Gasteiger partial charge < -0.3 is 15.1 Å². The highest BCUT2D eigenvalue weighted by molar-refractivity contribution is 6.33. The summed E-state index contributed by atoms with van der Waals surface area (Å²) in [5, 5.41) is 14.4. The Kier molecular flexibility index (Phi) is 6.32. The Balaban J connectivity index is 1.97. The number of anilines is 3. The molecule has 1 fully saturated rings. The van der Waals surface area contributed by atoms with Crippen molar-refractivity contribution in [3.63, 3.8) is 0 Å². The zero-order valence-electron chi connectivity index (χ0n) is 16.3. The minimum Gasteiger partial charge on any atom is -0.351 e. The monoisotopic (exact) mass is 444 g/mol. The maximum absolute atomic E-state index is 13.0. The zero-order chi connectivity index (χ0) is 22.1. The molecule has 12 heteroatoms. The van der Waals surface area contributed by atoms with E-state index in [1.54, 1.807) is 11.9 Å². The molecule has 8 nitrogen and oxygen atoms in total. The van der Waals surface area contributed by atoms with Crippen LogP contribution in [0.3, 0.4) is 0 Å². The van der Waals surface area contributed by atoms with Crippen molar-refractivity contribution in [3.8, 4) is 0 Å². The van der Waals surface area contributed by atoms with Gasteiger partial charge in [0.1, 0.15) is 6.33 Å². The van der Waals surface area contributed by atoms with Gasteiger partial charge >= 0.3 is 11.9 Å². The molecule has 1 saturated heterocycles. The number of aromatic nitrogens is 2. The molecule has 3 rings (SSSR count). The maximum Gasteiger partial charge on any atom is 0.416 e. The zero-order valence-corrected chi connectivity index (χ0v) is 17.0. The summed E-state index contributed by atoms with van der Waals surface area (Å²) in [6.07, 6.45) is -1.84. The highest BCUT2D eigenvalue weighted by atomic mass is 35.5. The van der Waals surface area contributed by atoms with Gasteiger partial charge in [0, 0.05) is 13.1 Å². The first-order valence-corrected chi connectivity index (χ1v) is 9.50. The molecule has 0 radical (unpaired) electrons. The highest BCUT2D eigenvalue weighted by Gasteiger charge is 2.33. The number of hydrogen-bond donors (Lipinski definition) is 1. The molecule has 30 heavy (non-hydrogen) atoms. The van der Waals surface area contributed by atoms with Gasteiger partial charge in [0.05, 0.1) is 21.2 Å². The quantitative estimate of drug-likeness (QED) is 0.542. The first-order valence-electron chi connectivity index (χ1n) is 9.12. The number of piperidine rings is 1. The van der Waals surface area contributed by atoms with Gasteiger partial charge in [0.15, 0.2) is 0 Å². The molecule has 0 bridgehead atoms. The second-order valence-corrected chi connectivity index (χ2v) is 7.52. The van der Waals surface area contributed by atoms with Crippen molar-refractivity contribution in [1.82, 2.24) is 14.9 Å². The summed E-state index contributed by atoms with van der Waals surface area (Å²) in [7, 11) is 3.72. The van der Waals surface area contributed by atoms with E-state index in [2.05, 4.69) is 20.2 Å². The lowest BCUT2D eigenvalue weighted by molar-refractivity contribution is -0.383. The van der Waals surface area contributed by atoms with Crippen LogP contribution in [0, 0.1) is 10.1 Å². The fourth-order valence-electron chi connectivity index (χ4n) is 3.37. The van der Waals surface area contributed by atoms with Gasteiger partial charge in [0.25, 0.3) is 0 Å². The summed E-state index contributed by atoms with van der Waals surface area (Å²) in [5.41, 5.74) is -1.50. The number of halogens is 4. The predicted octanol–water partition coefficient (Wildman–Crippen LogP) is 4.33. The summed E-state index contributed by atoms with van der Waals surface area (Å²) in [5.74, 6) is -0.138. The molecule has 0 unspecified atom stereocenters. The van der Waals surface area contributed by atoms with Crippen LogP contribution >= 0.6 is 11.6 Å². The number of nitro groups is 1. The van der Waals surface area contributed by atoms with Crippen molar-refractivity contribution in [2.24, 2.45) is 0 Å². The number of nitrogens with one attached hydrogen (secondary N) is 1. The molecule has 1 N–H and O–H groups in total. The third kappa shape index (κ3) is 4.73. The topological polar surface area (TPSA) is 87.4 Å². The van der Waals surface area contributed by atoms with Gasteiger partial charge in [-0.1, -0.05) is 11.6 Å². The molecule has 1 aliphatic rings. The Morgan fingerprint density at radius 2 is 1.97 bits per heavy atom. The van der Waals surface area contributed by atoms with E-state index < -0.39 is 22.4 Å². The van der Waals surface area contributed by atoms with Crippen LogP contribution in [0.15, 0.2) is 24.5 Å². The molecule has 2 heterocycles. The Morgan fingerprint density at radius 3 is 2.57 bits per heavy atom. The van der Waals surface area contributed by atoms with Crippen LogP contribution in [0.2, 0.25) is 5.02 Å². The van der Waals surface area contributed by atoms with Crippen molar-refractivity contribution < 1.29 is 18.1 Å². The Hall–Kier alpha value is -2.66. The molecular formula is C18H20ClF3N6O2. The van der Waals surface area contributed by atoms with Crippen LogP contribution in [0.1, 0.15) is 18.4 Å². The Bertz CT molecular complexity index is 935. The van der Waals surface area contributed by atoms with E-state index in [4.69, 9.17) is 11.6 Å². The van der Waals surface area contributed by atoms with Gasteiger partial charge in [-0.25, -0.2) is 9.97 Å². The number of alkyl halides is 3. The number of benzene rings is 1. The summed E-state index contributed by atoms with van der Waals surface area (Å²) in [4.78, 5) is 23.0. The number of likely N-dealkylation sites (tertiary alicyclic amines) is 1. The summed E-state index contributed by atoms with van der Waals surface area (Å²) in [6, 6.07) is 2.74. The first-order chi connectivity index (χ1) is 14.1. The number of nitrogens with zero attached hydrogens (tertiary/aromatic N) is 5. The van der Waals surface area contributed by atoms with E-state index in [0.29, 0.717) is 0 Å². The minimum absolute atomic E-state index is 0.0267. The molecule has 1 aliphatic heterocycles. The van der Waals surface area contributed by atoms with Crippen LogP contribution in [0.25, 0.3) is 0 Å². The smallest absolute Gasteiger partial charge is 0.351 e. The van der Waals surface area contributed by atoms with Gasteiger partial charge in [-0.2, -0.15) is 13.2 Å². The normalized spacial score (nSPS) is 15.8. The van der Waals surface area contributed by atoms with E-state index in [1.165, 1.54) is 0 Å². The summed E-state index contributed by atoms with van der Waals surface area (Å²) < 4.78 is 39.1. The lowest BCUT2D eigenvalue weighted by atomic mass is 10.0. The molecule has 0 amide bonds. The molecular weight excluding hydrogens is 425 g/mol. The molecule has 0 aliphatic carbocycles. The van der Waals surface area contributed by atoms with E-state index in [0.717, 1.165) is 50.5 Å². The van der Waals surface area contributed by atoms with Gasteiger partial charge in [-0.3, -0.25) is 10.1 Å². The van der Waals surface area contributed by atoms with Crippen molar-refractivity contribution in [2.45, 2.75) is 25.1 Å². The summed E-state index contributed by atoms with van der Waals surface area (Å²) >= 11 is 6.01. The van der Waals surface area contributed by atoms with E-state index in [1.807, 2.05) is 7.05 Å². The molecule has 162 valence electrons. The molecule has 0 atom stereocenters. The molecule has 0 spiro atoms.